The third kappa shape index (κ3) is 6.78. The molecule has 208 valence electrons. The molecule has 1 aliphatic carbocycles. The number of benzene rings is 2. The second-order valence-corrected chi connectivity index (χ2v) is 10.7. The Balaban J connectivity index is 1.47. The second kappa shape index (κ2) is 13.9. The molecule has 7 heteroatoms. The number of nitrogens with zero attached hydrogens (tertiary/aromatic N) is 3. The lowest BCUT2D eigenvalue weighted by atomic mass is 10.0. The van der Waals surface area contributed by atoms with Crippen molar-refractivity contribution in [3.05, 3.63) is 78.2 Å². The highest BCUT2D eigenvalue weighted by atomic mass is 16.5. The number of amides is 1. The summed E-state index contributed by atoms with van der Waals surface area (Å²) >= 11 is 0. The first kappa shape index (κ1) is 27.6. The number of hydrogen-bond acceptors (Lipinski definition) is 5. The predicted molar refractivity (Wildman–Crippen MR) is 154 cm³/mol. The molecular formula is C32H42N4O3. The smallest absolute Gasteiger partial charge is 0.275 e. The molecule has 0 radical (unpaired) electrons. The van der Waals surface area contributed by atoms with Crippen molar-refractivity contribution in [2.45, 2.75) is 63.1 Å². The molecule has 1 saturated carbocycles. The molecule has 7 nitrogen and oxygen atoms in total. The SMILES string of the molecule is COCCCO[C@H]1CCCCC[C@@H]1n1cnc(C(=O)N2CCNC[C@H]2Cc2ccccc2)c1-c1ccccc1. The van der Waals surface area contributed by atoms with Crippen molar-refractivity contribution in [1.29, 1.82) is 0 Å². The first-order chi connectivity index (χ1) is 19.3. The Morgan fingerprint density at radius 2 is 1.77 bits per heavy atom. The van der Waals surface area contributed by atoms with E-state index in [1.807, 2.05) is 35.5 Å². The zero-order valence-corrected chi connectivity index (χ0v) is 23.1. The molecule has 1 N–H and O–H groups in total. The van der Waals surface area contributed by atoms with E-state index in [1.54, 1.807) is 7.11 Å². The van der Waals surface area contributed by atoms with Gasteiger partial charge in [-0.05, 0) is 31.2 Å². The van der Waals surface area contributed by atoms with Crippen molar-refractivity contribution in [3.63, 3.8) is 0 Å². The van der Waals surface area contributed by atoms with Crippen LogP contribution in [0, 0.1) is 0 Å². The highest BCUT2D eigenvalue weighted by Gasteiger charge is 2.34. The summed E-state index contributed by atoms with van der Waals surface area (Å²) in [4.78, 5) is 21.1. The van der Waals surface area contributed by atoms with E-state index in [-0.39, 0.29) is 24.1 Å². The number of carbonyl (C=O) groups excluding carboxylic acids is 1. The lowest BCUT2D eigenvalue weighted by Gasteiger charge is -2.36. The summed E-state index contributed by atoms with van der Waals surface area (Å²) in [6, 6.07) is 20.9. The van der Waals surface area contributed by atoms with Crippen molar-refractivity contribution < 1.29 is 14.3 Å². The standard InChI is InChI=1S/C32H42N4O3/c1-38-20-11-21-39-29-17-10-4-9-16-28(29)36-24-34-30(31(36)26-14-7-3-8-15-26)32(37)35-19-18-33-23-27(35)22-25-12-5-2-6-13-25/h2-3,5-8,12-15,24,27-29,33H,4,9-11,16-23H2,1H3/t27-,28+,29+/m1/s1. The van der Waals surface area contributed by atoms with E-state index in [1.165, 1.54) is 12.0 Å². The summed E-state index contributed by atoms with van der Waals surface area (Å²) in [5.74, 6) is 0.0150. The van der Waals surface area contributed by atoms with Crippen LogP contribution in [0.15, 0.2) is 67.0 Å². The fraction of sp³-hybridized carbons (Fsp3) is 0.500. The molecular weight excluding hydrogens is 488 g/mol. The third-order valence-electron chi connectivity index (χ3n) is 8.07. The average molecular weight is 531 g/mol. The summed E-state index contributed by atoms with van der Waals surface area (Å²) in [6.07, 6.45) is 9.24. The van der Waals surface area contributed by atoms with E-state index in [9.17, 15) is 4.79 Å². The Morgan fingerprint density at radius 1 is 1.00 bits per heavy atom. The number of nitrogens with one attached hydrogen (secondary N) is 1. The molecule has 39 heavy (non-hydrogen) atoms. The van der Waals surface area contributed by atoms with Crippen molar-refractivity contribution in [2.75, 3.05) is 40.0 Å². The molecule has 5 rings (SSSR count). The van der Waals surface area contributed by atoms with Crippen LogP contribution < -0.4 is 5.32 Å². The van der Waals surface area contributed by atoms with Gasteiger partial charge in [0.1, 0.15) is 0 Å². The number of rotatable bonds is 10. The van der Waals surface area contributed by atoms with Gasteiger partial charge in [-0.1, -0.05) is 79.9 Å². The molecule has 3 atom stereocenters. The lowest BCUT2D eigenvalue weighted by molar-refractivity contribution is 0.00371. The number of hydrogen-bond donors (Lipinski definition) is 1. The van der Waals surface area contributed by atoms with Gasteiger partial charge in [0.2, 0.25) is 0 Å². The van der Waals surface area contributed by atoms with Crippen LogP contribution in [0.3, 0.4) is 0 Å². The van der Waals surface area contributed by atoms with Gasteiger partial charge in [-0.3, -0.25) is 4.79 Å². The molecule has 2 heterocycles. The van der Waals surface area contributed by atoms with Crippen LogP contribution in [0.5, 0.6) is 0 Å². The zero-order chi connectivity index (χ0) is 26.9. The minimum absolute atomic E-state index is 0.0150. The monoisotopic (exact) mass is 530 g/mol. The molecule has 1 amide bonds. The van der Waals surface area contributed by atoms with Crippen molar-refractivity contribution in [1.82, 2.24) is 19.8 Å². The number of methoxy groups -OCH3 is 1. The molecule has 0 bridgehead atoms. The Hall–Kier alpha value is -3.00. The Labute approximate surface area is 232 Å². The number of carbonyl (C=O) groups is 1. The maximum atomic E-state index is 14.3. The minimum Gasteiger partial charge on any atom is -0.385 e. The topological polar surface area (TPSA) is 68.6 Å². The van der Waals surface area contributed by atoms with Gasteiger partial charge in [-0.15, -0.1) is 0 Å². The van der Waals surface area contributed by atoms with E-state index in [0.29, 0.717) is 25.5 Å². The average Bonchev–Trinajstić information content (AvgIpc) is 3.29. The number of imidazole rings is 1. The van der Waals surface area contributed by atoms with Gasteiger partial charge in [0.05, 0.1) is 24.2 Å². The minimum atomic E-state index is 0.0150. The normalized spacial score (nSPS) is 22.0. The first-order valence-electron chi connectivity index (χ1n) is 14.5. The number of ether oxygens (including phenoxy) is 2. The molecule has 2 fully saturated rings. The van der Waals surface area contributed by atoms with Crippen LogP contribution in [0.4, 0.5) is 0 Å². The molecule has 0 spiro atoms. The molecule has 1 aliphatic heterocycles. The molecule has 1 saturated heterocycles. The number of aromatic nitrogens is 2. The highest BCUT2D eigenvalue weighted by Crippen LogP contribution is 2.36. The van der Waals surface area contributed by atoms with Crippen LogP contribution in [0.25, 0.3) is 11.3 Å². The van der Waals surface area contributed by atoms with E-state index in [4.69, 9.17) is 14.5 Å². The van der Waals surface area contributed by atoms with Gasteiger partial charge in [0, 0.05) is 51.6 Å². The fourth-order valence-electron chi connectivity index (χ4n) is 6.09. The maximum Gasteiger partial charge on any atom is 0.275 e. The van der Waals surface area contributed by atoms with E-state index >= 15 is 0 Å². The maximum absolute atomic E-state index is 14.3. The van der Waals surface area contributed by atoms with Crippen LogP contribution in [-0.2, 0) is 15.9 Å². The highest BCUT2D eigenvalue weighted by molar-refractivity contribution is 5.98. The molecule has 2 aliphatic rings. The first-order valence-corrected chi connectivity index (χ1v) is 14.5. The largest absolute Gasteiger partial charge is 0.385 e. The Kier molecular flexibility index (Phi) is 9.81. The van der Waals surface area contributed by atoms with E-state index in [2.05, 4.69) is 46.3 Å². The number of piperazine rings is 1. The van der Waals surface area contributed by atoms with Gasteiger partial charge in [0.15, 0.2) is 5.69 Å². The Bertz CT molecular complexity index is 1170. The van der Waals surface area contributed by atoms with Gasteiger partial charge < -0.3 is 24.3 Å². The summed E-state index contributed by atoms with van der Waals surface area (Å²) in [5.41, 5.74) is 3.72. The van der Waals surface area contributed by atoms with Crippen LogP contribution in [0.2, 0.25) is 0 Å². The van der Waals surface area contributed by atoms with Crippen molar-refractivity contribution in [3.8, 4) is 11.3 Å². The van der Waals surface area contributed by atoms with Gasteiger partial charge in [-0.2, -0.15) is 0 Å². The summed E-state index contributed by atoms with van der Waals surface area (Å²) < 4.78 is 13.9. The van der Waals surface area contributed by atoms with Gasteiger partial charge in [0.25, 0.3) is 5.91 Å². The lowest BCUT2D eigenvalue weighted by Crippen LogP contribution is -2.54. The summed E-state index contributed by atoms with van der Waals surface area (Å²) in [6.45, 7) is 3.62. The second-order valence-electron chi connectivity index (χ2n) is 10.7. The summed E-state index contributed by atoms with van der Waals surface area (Å²) in [5, 5.41) is 3.49. The third-order valence-corrected chi connectivity index (χ3v) is 8.07. The van der Waals surface area contributed by atoms with Gasteiger partial charge in [-0.25, -0.2) is 4.98 Å². The molecule has 1 aromatic heterocycles. The molecule has 2 aromatic carbocycles. The van der Waals surface area contributed by atoms with Crippen molar-refractivity contribution in [2.24, 2.45) is 0 Å². The van der Waals surface area contributed by atoms with Gasteiger partial charge >= 0.3 is 0 Å². The fourth-order valence-corrected chi connectivity index (χ4v) is 6.09. The summed E-state index contributed by atoms with van der Waals surface area (Å²) in [7, 11) is 1.73. The quantitative estimate of drug-likeness (QED) is 0.291. The zero-order valence-electron chi connectivity index (χ0n) is 23.1. The Morgan fingerprint density at radius 3 is 2.56 bits per heavy atom. The van der Waals surface area contributed by atoms with Crippen LogP contribution in [0.1, 0.15) is 60.6 Å². The van der Waals surface area contributed by atoms with Crippen LogP contribution >= 0.6 is 0 Å². The van der Waals surface area contributed by atoms with E-state index < -0.39 is 0 Å². The van der Waals surface area contributed by atoms with Crippen molar-refractivity contribution >= 4 is 5.91 Å². The van der Waals surface area contributed by atoms with Crippen LogP contribution in [-0.4, -0.2) is 72.5 Å². The molecule has 0 unspecified atom stereocenters. The predicted octanol–water partition coefficient (Wildman–Crippen LogP) is 5.13. The molecule has 3 aromatic rings. The van der Waals surface area contributed by atoms with E-state index in [0.717, 1.165) is 62.9 Å².